The number of benzene rings is 2. The minimum atomic E-state index is -0.839. The van der Waals surface area contributed by atoms with Gasteiger partial charge in [-0.25, -0.2) is 14.4 Å². The highest BCUT2D eigenvalue weighted by Gasteiger charge is 2.18. The van der Waals surface area contributed by atoms with Gasteiger partial charge in [0.15, 0.2) is 0 Å². The predicted molar refractivity (Wildman–Crippen MR) is 106 cm³/mol. The molecule has 7 heteroatoms. The molecular formula is C22H19NO6. The van der Waals surface area contributed by atoms with Gasteiger partial charge >= 0.3 is 17.7 Å². The number of ether oxygens (including phenoxy) is 2. The number of hydrogen-bond acceptors (Lipinski definition) is 6. The predicted octanol–water partition coefficient (Wildman–Crippen LogP) is 4.05. The van der Waals surface area contributed by atoms with E-state index in [2.05, 4.69) is 5.32 Å². The van der Waals surface area contributed by atoms with E-state index in [4.69, 9.17) is 13.9 Å². The molecule has 0 atom stereocenters. The molecule has 0 radical (unpaired) electrons. The Morgan fingerprint density at radius 3 is 2.03 bits per heavy atom. The first-order chi connectivity index (χ1) is 14.0. The molecule has 1 N–H and O–H groups in total. The molecule has 0 aliphatic heterocycles. The minimum absolute atomic E-state index is 0.0375. The number of amides is 1. The van der Waals surface area contributed by atoms with Crippen molar-refractivity contribution in [2.24, 2.45) is 0 Å². The fraction of sp³-hybridized carbons (Fsp3) is 0.136. The van der Waals surface area contributed by atoms with Crippen LogP contribution in [0.4, 0.5) is 10.5 Å². The van der Waals surface area contributed by atoms with Crippen molar-refractivity contribution in [3.63, 3.8) is 0 Å². The lowest BCUT2D eigenvalue weighted by atomic mass is 10.2. The maximum Gasteiger partial charge on any atom is 0.412 e. The van der Waals surface area contributed by atoms with Crippen LogP contribution in [-0.2, 0) is 22.7 Å². The van der Waals surface area contributed by atoms with Gasteiger partial charge in [-0.1, -0.05) is 60.7 Å². The Balaban J connectivity index is 1.65. The van der Waals surface area contributed by atoms with Crippen molar-refractivity contribution in [3.05, 3.63) is 99.6 Å². The summed E-state index contributed by atoms with van der Waals surface area (Å²) >= 11 is 0. The molecule has 0 bridgehead atoms. The summed E-state index contributed by atoms with van der Waals surface area (Å²) in [6.45, 7) is 1.58. The van der Waals surface area contributed by atoms with Crippen molar-refractivity contribution < 1.29 is 23.5 Å². The number of anilines is 1. The van der Waals surface area contributed by atoms with E-state index in [1.165, 1.54) is 13.0 Å². The van der Waals surface area contributed by atoms with Crippen molar-refractivity contribution in [1.82, 2.24) is 0 Å². The third kappa shape index (κ3) is 5.55. The van der Waals surface area contributed by atoms with Gasteiger partial charge in [-0.05, 0) is 24.1 Å². The van der Waals surface area contributed by atoms with Gasteiger partial charge in [0.2, 0.25) is 0 Å². The molecule has 148 valence electrons. The quantitative estimate of drug-likeness (QED) is 0.635. The number of carbonyl (C=O) groups excluding carboxylic acids is 2. The molecule has 0 saturated heterocycles. The molecule has 1 heterocycles. The van der Waals surface area contributed by atoms with Crippen LogP contribution in [0.1, 0.15) is 27.2 Å². The molecule has 3 aromatic rings. The molecule has 2 aromatic carbocycles. The fourth-order valence-corrected chi connectivity index (χ4v) is 2.51. The summed E-state index contributed by atoms with van der Waals surface area (Å²) in [4.78, 5) is 36.4. The van der Waals surface area contributed by atoms with Crippen molar-refractivity contribution >= 4 is 17.7 Å². The molecule has 29 heavy (non-hydrogen) atoms. The average Bonchev–Trinajstić information content (AvgIpc) is 2.74. The van der Waals surface area contributed by atoms with Gasteiger partial charge in [0.05, 0.1) is 0 Å². The summed E-state index contributed by atoms with van der Waals surface area (Å²) < 4.78 is 15.4. The maximum absolute atomic E-state index is 12.4. The van der Waals surface area contributed by atoms with Gasteiger partial charge in [0, 0.05) is 0 Å². The van der Waals surface area contributed by atoms with Crippen LogP contribution < -0.4 is 10.9 Å². The van der Waals surface area contributed by atoms with Crippen molar-refractivity contribution in [3.8, 4) is 0 Å². The Morgan fingerprint density at radius 1 is 0.897 bits per heavy atom. The van der Waals surface area contributed by atoms with E-state index in [-0.39, 0.29) is 30.2 Å². The Kier molecular flexibility index (Phi) is 6.42. The topological polar surface area (TPSA) is 94.8 Å². The van der Waals surface area contributed by atoms with E-state index < -0.39 is 17.7 Å². The van der Waals surface area contributed by atoms with Crippen LogP contribution in [0.3, 0.4) is 0 Å². The van der Waals surface area contributed by atoms with E-state index in [0.29, 0.717) is 0 Å². The normalized spacial score (nSPS) is 10.2. The highest BCUT2D eigenvalue weighted by molar-refractivity contribution is 5.93. The minimum Gasteiger partial charge on any atom is -0.457 e. The first-order valence-electron chi connectivity index (χ1n) is 8.86. The van der Waals surface area contributed by atoms with Gasteiger partial charge in [0.25, 0.3) is 0 Å². The first-order valence-corrected chi connectivity index (χ1v) is 8.86. The SMILES string of the molecule is Cc1oc(=O)c(NC(=O)OCc2ccccc2)cc1C(=O)OCc1ccccc1. The van der Waals surface area contributed by atoms with E-state index >= 15 is 0 Å². The highest BCUT2D eigenvalue weighted by Crippen LogP contribution is 2.14. The van der Waals surface area contributed by atoms with Gasteiger partial charge in [-0.2, -0.15) is 0 Å². The summed E-state index contributed by atoms with van der Waals surface area (Å²) in [5, 5.41) is 2.30. The van der Waals surface area contributed by atoms with Crippen molar-refractivity contribution in [1.29, 1.82) is 0 Å². The molecule has 0 unspecified atom stereocenters. The molecule has 0 fully saturated rings. The number of hydrogen-bond donors (Lipinski definition) is 1. The Hall–Kier alpha value is -3.87. The van der Waals surface area contributed by atoms with Crippen LogP contribution in [0.15, 0.2) is 75.9 Å². The molecule has 3 rings (SSSR count). The lowest BCUT2D eigenvalue weighted by molar-refractivity contribution is 0.0468. The van der Waals surface area contributed by atoms with Gasteiger partial charge in [0.1, 0.15) is 30.2 Å². The lowest BCUT2D eigenvalue weighted by Crippen LogP contribution is -2.20. The van der Waals surface area contributed by atoms with Crippen LogP contribution in [0.2, 0.25) is 0 Å². The molecule has 1 amide bonds. The number of nitrogens with one attached hydrogen (secondary N) is 1. The van der Waals surface area contributed by atoms with Crippen LogP contribution in [0, 0.1) is 6.92 Å². The monoisotopic (exact) mass is 393 g/mol. The van der Waals surface area contributed by atoms with Crippen molar-refractivity contribution in [2.45, 2.75) is 20.1 Å². The second-order valence-corrected chi connectivity index (χ2v) is 6.17. The molecular weight excluding hydrogens is 374 g/mol. The third-order valence-corrected chi connectivity index (χ3v) is 4.02. The zero-order chi connectivity index (χ0) is 20.6. The van der Waals surface area contributed by atoms with Gasteiger partial charge in [-0.3, -0.25) is 5.32 Å². The standard InChI is InChI=1S/C22H19NO6/c1-15-18(20(24)27-13-16-8-4-2-5-9-16)12-19(21(25)29-15)23-22(26)28-14-17-10-6-3-7-11-17/h2-12H,13-14H2,1H3,(H,23,26). The smallest absolute Gasteiger partial charge is 0.412 e. The third-order valence-electron chi connectivity index (χ3n) is 4.02. The maximum atomic E-state index is 12.4. The lowest BCUT2D eigenvalue weighted by Gasteiger charge is -2.09. The van der Waals surface area contributed by atoms with Crippen LogP contribution in [0.5, 0.6) is 0 Å². The molecule has 0 aliphatic rings. The molecule has 1 aromatic heterocycles. The number of aryl methyl sites for hydroxylation is 1. The van der Waals surface area contributed by atoms with Gasteiger partial charge < -0.3 is 13.9 Å². The second kappa shape index (κ2) is 9.36. The van der Waals surface area contributed by atoms with Crippen LogP contribution >= 0.6 is 0 Å². The molecule has 7 nitrogen and oxygen atoms in total. The van der Waals surface area contributed by atoms with Gasteiger partial charge in [-0.15, -0.1) is 0 Å². The molecule has 0 saturated carbocycles. The van der Waals surface area contributed by atoms with E-state index in [0.717, 1.165) is 11.1 Å². The summed E-state index contributed by atoms with van der Waals surface area (Å²) in [6.07, 6.45) is -0.839. The van der Waals surface area contributed by atoms with E-state index in [1.807, 2.05) is 48.5 Å². The highest BCUT2D eigenvalue weighted by atomic mass is 16.5. The summed E-state index contributed by atoms with van der Waals surface area (Å²) in [7, 11) is 0. The van der Waals surface area contributed by atoms with E-state index in [1.54, 1.807) is 12.1 Å². The molecule has 0 spiro atoms. The zero-order valence-corrected chi connectivity index (χ0v) is 15.7. The van der Waals surface area contributed by atoms with Crippen LogP contribution in [-0.4, -0.2) is 12.1 Å². The average molecular weight is 393 g/mol. The summed E-state index contributed by atoms with van der Waals surface area (Å²) in [5.74, 6) is -0.577. The summed E-state index contributed by atoms with van der Waals surface area (Å²) in [6, 6.07) is 19.5. The fourth-order valence-electron chi connectivity index (χ4n) is 2.51. The summed E-state index contributed by atoms with van der Waals surface area (Å²) in [5.41, 5.74) is 0.653. The first kappa shape index (κ1) is 19.9. The Bertz CT molecular complexity index is 1040. The largest absolute Gasteiger partial charge is 0.457 e. The van der Waals surface area contributed by atoms with E-state index in [9.17, 15) is 14.4 Å². The van der Waals surface area contributed by atoms with Crippen molar-refractivity contribution in [2.75, 3.05) is 5.32 Å². The molecule has 0 aliphatic carbocycles. The number of rotatable bonds is 6. The zero-order valence-electron chi connectivity index (χ0n) is 15.7. The Labute approximate surface area is 166 Å². The Morgan fingerprint density at radius 2 is 1.45 bits per heavy atom. The number of esters is 1. The second-order valence-electron chi connectivity index (χ2n) is 6.17. The van der Waals surface area contributed by atoms with Crippen LogP contribution in [0.25, 0.3) is 0 Å². The number of carbonyl (C=O) groups is 2.